The molecule has 1 aromatic rings. The monoisotopic (exact) mass is 248 g/mol. The van der Waals surface area contributed by atoms with Crippen LogP contribution in [0.15, 0.2) is 18.2 Å². The van der Waals surface area contributed by atoms with E-state index in [1.807, 2.05) is 13.0 Å². The molecule has 2 rings (SSSR count). The highest BCUT2D eigenvalue weighted by atomic mass is 16.4. The van der Waals surface area contributed by atoms with Gasteiger partial charge in [0.2, 0.25) is 5.91 Å². The number of carbonyl (C=O) groups is 2. The number of carboxylic acids is 1. The lowest BCUT2D eigenvalue weighted by molar-refractivity contribution is -0.117. The lowest BCUT2D eigenvalue weighted by atomic mass is 10.1. The lowest BCUT2D eigenvalue weighted by Crippen LogP contribution is -2.28. The van der Waals surface area contributed by atoms with Crippen molar-refractivity contribution in [2.75, 3.05) is 18.0 Å². The summed E-state index contributed by atoms with van der Waals surface area (Å²) in [5.74, 6) is -0.960. The number of aromatic carboxylic acids is 1. The minimum atomic E-state index is -1.02. The van der Waals surface area contributed by atoms with Gasteiger partial charge < -0.3 is 15.7 Å². The first-order chi connectivity index (χ1) is 8.54. The van der Waals surface area contributed by atoms with Crippen molar-refractivity contribution in [3.63, 3.8) is 0 Å². The lowest BCUT2D eigenvalue weighted by Gasteiger charge is -2.21. The van der Waals surface area contributed by atoms with E-state index in [-0.39, 0.29) is 17.4 Å². The summed E-state index contributed by atoms with van der Waals surface area (Å²) in [6.07, 6.45) is 0.393. The maximum atomic E-state index is 11.9. The number of rotatable bonds is 3. The van der Waals surface area contributed by atoms with Crippen LogP contribution in [-0.2, 0) is 4.79 Å². The van der Waals surface area contributed by atoms with Gasteiger partial charge in [-0.05, 0) is 31.0 Å². The maximum Gasteiger partial charge on any atom is 0.337 e. The highest BCUT2D eigenvalue weighted by molar-refractivity contribution is 6.04. The zero-order valence-corrected chi connectivity index (χ0v) is 10.2. The Bertz CT molecular complexity index is 499. The summed E-state index contributed by atoms with van der Waals surface area (Å²) in [4.78, 5) is 24.7. The second-order valence-corrected chi connectivity index (χ2v) is 4.59. The highest BCUT2D eigenvalue weighted by Gasteiger charge is 2.32. The number of nitrogens with zero attached hydrogens (tertiary/aromatic N) is 1. The number of aryl methyl sites for hydroxylation is 1. The molecule has 1 amide bonds. The van der Waals surface area contributed by atoms with Crippen LogP contribution in [0.5, 0.6) is 0 Å². The van der Waals surface area contributed by atoms with Crippen molar-refractivity contribution in [1.29, 1.82) is 0 Å². The standard InChI is InChI=1S/C13H16N2O3/c1-8-3-2-4-10(13(17)18)12(8)15-7-9(6-14)5-11(15)16/h2-4,9H,5-7,14H2,1H3,(H,17,18). The van der Waals surface area contributed by atoms with Crippen LogP contribution < -0.4 is 10.6 Å². The number of anilines is 1. The van der Waals surface area contributed by atoms with E-state index in [0.29, 0.717) is 25.2 Å². The van der Waals surface area contributed by atoms with Gasteiger partial charge in [-0.25, -0.2) is 4.79 Å². The number of hydrogen-bond acceptors (Lipinski definition) is 3. The fraction of sp³-hybridized carbons (Fsp3) is 0.385. The maximum absolute atomic E-state index is 11.9. The number of para-hydroxylation sites is 1. The van der Waals surface area contributed by atoms with Crippen molar-refractivity contribution in [2.45, 2.75) is 13.3 Å². The van der Waals surface area contributed by atoms with Crippen LogP contribution in [0.4, 0.5) is 5.69 Å². The molecule has 18 heavy (non-hydrogen) atoms. The van der Waals surface area contributed by atoms with E-state index in [1.165, 1.54) is 6.07 Å². The molecule has 0 aliphatic carbocycles. The van der Waals surface area contributed by atoms with E-state index in [0.717, 1.165) is 5.56 Å². The van der Waals surface area contributed by atoms with Crippen molar-refractivity contribution in [3.05, 3.63) is 29.3 Å². The van der Waals surface area contributed by atoms with Crippen LogP contribution in [0.3, 0.4) is 0 Å². The van der Waals surface area contributed by atoms with Gasteiger partial charge in [-0.15, -0.1) is 0 Å². The number of carboxylic acid groups (broad SMARTS) is 1. The summed E-state index contributed by atoms with van der Waals surface area (Å²) in [7, 11) is 0. The smallest absolute Gasteiger partial charge is 0.337 e. The molecule has 1 atom stereocenters. The Kier molecular flexibility index (Phi) is 3.34. The van der Waals surface area contributed by atoms with Crippen molar-refractivity contribution < 1.29 is 14.7 Å². The second-order valence-electron chi connectivity index (χ2n) is 4.59. The molecule has 5 nitrogen and oxygen atoms in total. The first kappa shape index (κ1) is 12.6. The summed E-state index contributed by atoms with van der Waals surface area (Å²) in [6.45, 7) is 2.75. The summed E-state index contributed by atoms with van der Waals surface area (Å²) < 4.78 is 0. The van der Waals surface area contributed by atoms with E-state index in [2.05, 4.69) is 0 Å². The molecule has 3 N–H and O–H groups in total. The molecule has 0 aromatic heterocycles. The molecule has 0 radical (unpaired) electrons. The molecule has 1 heterocycles. The summed E-state index contributed by atoms with van der Waals surface area (Å²) in [5.41, 5.74) is 7.04. The van der Waals surface area contributed by atoms with Gasteiger partial charge in [0.25, 0.3) is 0 Å². The van der Waals surface area contributed by atoms with Crippen molar-refractivity contribution in [3.8, 4) is 0 Å². The molecule has 0 bridgehead atoms. The third-order valence-electron chi connectivity index (χ3n) is 3.28. The van der Waals surface area contributed by atoms with Crippen LogP contribution in [0.25, 0.3) is 0 Å². The van der Waals surface area contributed by atoms with Gasteiger partial charge in [-0.2, -0.15) is 0 Å². The SMILES string of the molecule is Cc1cccc(C(=O)O)c1N1CC(CN)CC1=O. The molecule has 1 aliphatic heterocycles. The molecular formula is C13H16N2O3. The van der Waals surface area contributed by atoms with Crippen LogP contribution >= 0.6 is 0 Å². The Labute approximate surface area is 105 Å². The molecule has 1 aromatic carbocycles. The van der Waals surface area contributed by atoms with Crippen LogP contribution in [-0.4, -0.2) is 30.1 Å². The van der Waals surface area contributed by atoms with Crippen LogP contribution in [0.1, 0.15) is 22.3 Å². The second kappa shape index (κ2) is 4.78. The molecule has 5 heteroatoms. The molecule has 96 valence electrons. The van der Waals surface area contributed by atoms with Gasteiger partial charge in [0.05, 0.1) is 11.3 Å². The molecule has 0 spiro atoms. The average Bonchev–Trinajstić information content (AvgIpc) is 2.70. The van der Waals surface area contributed by atoms with Crippen LogP contribution in [0, 0.1) is 12.8 Å². The number of hydrogen-bond donors (Lipinski definition) is 2. The largest absolute Gasteiger partial charge is 0.478 e. The van der Waals surface area contributed by atoms with E-state index in [1.54, 1.807) is 11.0 Å². The number of amides is 1. The molecule has 0 saturated carbocycles. The van der Waals surface area contributed by atoms with Crippen molar-refractivity contribution >= 4 is 17.6 Å². The normalized spacial score (nSPS) is 19.3. The van der Waals surface area contributed by atoms with E-state index in [9.17, 15) is 14.7 Å². The van der Waals surface area contributed by atoms with Gasteiger partial charge in [0.15, 0.2) is 0 Å². The predicted octanol–water partition coefficient (Wildman–Crippen LogP) is 1.00. The Hall–Kier alpha value is -1.88. The Morgan fingerprint density at radius 2 is 2.28 bits per heavy atom. The third-order valence-corrected chi connectivity index (χ3v) is 3.28. The van der Waals surface area contributed by atoms with Gasteiger partial charge in [0.1, 0.15) is 0 Å². The Morgan fingerprint density at radius 3 is 2.83 bits per heavy atom. The van der Waals surface area contributed by atoms with Crippen molar-refractivity contribution in [2.24, 2.45) is 11.7 Å². The minimum absolute atomic E-state index is 0.0535. The quantitative estimate of drug-likeness (QED) is 0.836. The summed E-state index contributed by atoms with van der Waals surface area (Å²) >= 11 is 0. The average molecular weight is 248 g/mol. The topological polar surface area (TPSA) is 83.6 Å². The first-order valence-electron chi connectivity index (χ1n) is 5.88. The first-order valence-corrected chi connectivity index (χ1v) is 5.88. The van der Waals surface area contributed by atoms with E-state index in [4.69, 9.17) is 5.73 Å². The molecular weight excluding hydrogens is 232 g/mol. The summed E-state index contributed by atoms with van der Waals surface area (Å²) in [5, 5.41) is 9.20. The Balaban J connectivity index is 2.45. The van der Waals surface area contributed by atoms with Crippen LogP contribution in [0.2, 0.25) is 0 Å². The molecule has 1 unspecified atom stereocenters. The van der Waals surface area contributed by atoms with Gasteiger partial charge in [-0.3, -0.25) is 4.79 Å². The van der Waals surface area contributed by atoms with Gasteiger partial charge >= 0.3 is 5.97 Å². The number of benzene rings is 1. The molecule has 1 fully saturated rings. The predicted molar refractivity (Wildman–Crippen MR) is 67.7 cm³/mol. The summed E-state index contributed by atoms with van der Waals surface area (Å²) in [6, 6.07) is 5.02. The minimum Gasteiger partial charge on any atom is -0.478 e. The molecule has 1 aliphatic rings. The zero-order valence-electron chi connectivity index (χ0n) is 10.2. The fourth-order valence-electron chi connectivity index (χ4n) is 2.35. The van der Waals surface area contributed by atoms with Crippen molar-refractivity contribution in [1.82, 2.24) is 0 Å². The van der Waals surface area contributed by atoms with Gasteiger partial charge in [-0.1, -0.05) is 12.1 Å². The number of nitrogens with two attached hydrogens (primary N) is 1. The third kappa shape index (κ3) is 2.09. The number of carbonyl (C=O) groups excluding carboxylic acids is 1. The highest BCUT2D eigenvalue weighted by Crippen LogP contribution is 2.30. The molecule has 1 saturated heterocycles. The fourth-order valence-corrected chi connectivity index (χ4v) is 2.35. The van der Waals surface area contributed by atoms with Gasteiger partial charge in [0, 0.05) is 13.0 Å². The van der Waals surface area contributed by atoms with E-state index < -0.39 is 5.97 Å². The Morgan fingerprint density at radius 1 is 1.56 bits per heavy atom. The zero-order chi connectivity index (χ0) is 13.3. The van der Waals surface area contributed by atoms with E-state index >= 15 is 0 Å².